The fraction of sp³-hybridized carbons (Fsp3) is 0.471. The van der Waals surface area contributed by atoms with Gasteiger partial charge in [0.05, 0.1) is 11.6 Å². The number of hydrogen-bond acceptors (Lipinski definition) is 4. The Labute approximate surface area is 140 Å². The van der Waals surface area contributed by atoms with Crippen LogP contribution in [0.1, 0.15) is 31.2 Å². The Morgan fingerprint density at radius 1 is 1.38 bits per heavy atom. The van der Waals surface area contributed by atoms with E-state index >= 15 is 0 Å². The van der Waals surface area contributed by atoms with Crippen molar-refractivity contribution >= 4 is 12.0 Å². The molecule has 0 unspecified atom stereocenters. The molecule has 0 aromatic heterocycles. The number of carboxylic acids is 1. The molecule has 0 spiro atoms. The van der Waals surface area contributed by atoms with Gasteiger partial charge in [-0.2, -0.15) is 5.26 Å². The largest absolute Gasteiger partial charge is 0.490 e. The van der Waals surface area contributed by atoms with Crippen molar-refractivity contribution in [3.8, 4) is 11.8 Å². The van der Waals surface area contributed by atoms with Crippen molar-refractivity contribution in [2.24, 2.45) is 0 Å². The molecule has 1 aromatic rings. The standard InChI is InChI=1S/C17H21N3O4/c18-12-13-3-1-4-15(11-13)24-14-6-9-20(10-7-14)17(23)19-8-2-5-16(21)22/h1,3-4,11,14H,2,5-10H2,(H,19,23)(H,21,22). The number of carbonyl (C=O) groups excluding carboxylic acids is 1. The first-order valence-electron chi connectivity index (χ1n) is 8.00. The second kappa shape index (κ2) is 8.77. The van der Waals surface area contributed by atoms with Gasteiger partial charge in [0.1, 0.15) is 11.9 Å². The zero-order chi connectivity index (χ0) is 17.4. The summed E-state index contributed by atoms with van der Waals surface area (Å²) in [6.45, 7) is 1.54. The molecule has 0 atom stereocenters. The second-order valence-electron chi connectivity index (χ2n) is 5.67. The lowest BCUT2D eigenvalue weighted by molar-refractivity contribution is -0.137. The summed E-state index contributed by atoms with van der Waals surface area (Å²) < 4.78 is 5.88. The highest BCUT2D eigenvalue weighted by molar-refractivity contribution is 5.74. The number of carboxylic acid groups (broad SMARTS) is 1. The molecular formula is C17H21N3O4. The van der Waals surface area contributed by atoms with Crippen LogP contribution in [-0.4, -0.2) is 47.7 Å². The zero-order valence-corrected chi connectivity index (χ0v) is 13.4. The van der Waals surface area contributed by atoms with E-state index in [1.165, 1.54) is 0 Å². The number of aliphatic carboxylic acids is 1. The predicted molar refractivity (Wildman–Crippen MR) is 86.6 cm³/mol. The van der Waals surface area contributed by atoms with Crippen molar-refractivity contribution in [3.05, 3.63) is 29.8 Å². The molecule has 2 N–H and O–H groups in total. The van der Waals surface area contributed by atoms with Gasteiger partial charge in [0.15, 0.2) is 0 Å². The molecule has 0 radical (unpaired) electrons. The summed E-state index contributed by atoms with van der Waals surface area (Å²) in [6, 6.07) is 8.96. The first-order chi connectivity index (χ1) is 11.6. The van der Waals surface area contributed by atoms with E-state index in [1.54, 1.807) is 23.1 Å². The number of urea groups is 1. The second-order valence-corrected chi connectivity index (χ2v) is 5.67. The van der Waals surface area contributed by atoms with Crippen molar-refractivity contribution in [1.29, 1.82) is 5.26 Å². The van der Waals surface area contributed by atoms with Crippen molar-refractivity contribution < 1.29 is 19.4 Å². The molecule has 2 amide bonds. The third-order valence-electron chi connectivity index (χ3n) is 3.84. The SMILES string of the molecule is N#Cc1cccc(OC2CCN(C(=O)NCCCC(=O)O)CC2)c1. The number of nitrogens with one attached hydrogen (secondary N) is 1. The van der Waals surface area contributed by atoms with E-state index in [4.69, 9.17) is 15.1 Å². The molecule has 128 valence electrons. The molecule has 0 bridgehead atoms. The van der Waals surface area contributed by atoms with E-state index in [0.29, 0.717) is 37.4 Å². The van der Waals surface area contributed by atoms with Crippen LogP contribution in [0, 0.1) is 11.3 Å². The normalized spacial score (nSPS) is 14.7. The molecule has 24 heavy (non-hydrogen) atoms. The summed E-state index contributed by atoms with van der Waals surface area (Å²) in [6.07, 6.45) is 1.95. The summed E-state index contributed by atoms with van der Waals surface area (Å²) in [4.78, 5) is 24.1. The third-order valence-corrected chi connectivity index (χ3v) is 3.84. The number of hydrogen-bond donors (Lipinski definition) is 2. The highest BCUT2D eigenvalue weighted by atomic mass is 16.5. The number of rotatable bonds is 6. The highest BCUT2D eigenvalue weighted by Gasteiger charge is 2.23. The van der Waals surface area contributed by atoms with Gasteiger partial charge >= 0.3 is 12.0 Å². The number of carbonyl (C=O) groups is 2. The molecule has 7 heteroatoms. The van der Waals surface area contributed by atoms with Crippen molar-refractivity contribution in [3.63, 3.8) is 0 Å². The Bertz CT molecular complexity index is 619. The lowest BCUT2D eigenvalue weighted by Gasteiger charge is -2.32. The van der Waals surface area contributed by atoms with E-state index < -0.39 is 5.97 Å². The maximum absolute atomic E-state index is 12.0. The van der Waals surface area contributed by atoms with Gasteiger partial charge < -0.3 is 20.1 Å². The number of benzene rings is 1. The minimum Gasteiger partial charge on any atom is -0.490 e. The molecule has 0 aliphatic carbocycles. The van der Waals surface area contributed by atoms with E-state index in [2.05, 4.69) is 11.4 Å². The van der Waals surface area contributed by atoms with E-state index in [-0.39, 0.29) is 18.6 Å². The average molecular weight is 331 g/mol. The van der Waals surface area contributed by atoms with Crippen LogP contribution in [-0.2, 0) is 4.79 Å². The summed E-state index contributed by atoms with van der Waals surface area (Å²) in [5.74, 6) is -0.187. The molecule has 1 saturated heterocycles. The number of amides is 2. The first-order valence-corrected chi connectivity index (χ1v) is 8.00. The molecule has 7 nitrogen and oxygen atoms in total. The highest BCUT2D eigenvalue weighted by Crippen LogP contribution is 2.20. The molecule has 0 saturated carbocycles. The monoisotopic (exact) mass is 331 g/mol. The Kier molecular flexibility index (Phi) is 6.43. The van der Waals surface area contributed by atoms with Gasteiger partial charge in [0.25, 0.3) is 0 Å². The molecule has 2 rings (SSSR count). The molecule has 1 aliphatic rings. The number of ether oxygens (including phenoxy) is 1. The fourth-order valence-electron chi connectivity index (χ4n) is 2.55. The van der Waals surface area contributed by atoms with Gasteiger partial charge in [-0.05, 0) is 24.6 Å². The van der Waals surface area contributed by atoms with Crippen molar-refractivity contribution in [2.45, 2.75) is 31.8 Å². The van der Waals surface area contributed by atoms with Crippen LogP contribution in [0.5, 0.6) is 5.75 Å². The summed E-state index contributed by atoms with van der Waals surface area (Å²) in [7, 11) is 0. The Morgan fingerprint density at radius 3 is 2.79 bits per heavy atom. The van der Waals surface area contributed by atoms with Gasteiger partial charge in [-0.15, -0.1) is 0 Å². The van der Waals surface area contributed by atoms with Crippen LogP contribution >= 0.6 is 0 Å². The Hall–Kier alpha value is -2.75. The number of nitriles is 1. The van der Waals surface area contributed by atoms with Gasteiger partial charge in [0.2, 0.25) is 0 Å². The Morgan fingerprint density at radius 2 is 2.12 bits per heavy atom. The lowest BCUT2D eigenvalue weighted by atomic mass is 10.1. The average Bonchev–Trinajstić information content (AvgIpc) is 2.59. The van der Waals surface area contributed by atoms with Crippen LogP contribution in [0.15, 0.2) is 24.3 Å². The van der Waals surface area contributed by atoms with Gasteiger partial charge in [-0.1, -0.05) is 6.07 Å². The van der Waals surface area contributed by atoms with E-state index in [1.807, 2.05) is 6.07 Å². The maximum Gasteiger partial charge on any atom is 0.317 e. The molecule has 1 fully saturated rings. The van der Waals surface area contributed by atoms with Gasteiger partial charge in [-0.25, -0.2) is 4.79 Å². The predicted octanol–water partition coefficient (Wildman–Crippen LogP) is 1.98. The van der Waals surface area contributed by atoms with Crippen LogP contribution in [0.4, 0.5) is 4.79 Å². The smallest absolute Gasteiger partial charge is 0.317 e. The third kappa shape index (κ3) is 5.47. The number of likely N-dealkylation sites (tertiary alicyclic amines) is 1. The zero-order valence-electron chi connectivity index (χ0n) is 13.4. The minimum atomic E-state index is -0.859. The van der Waals surface area contributed by atoms with E-state index in [0.717, 1.165) is 12.8 Å². The van der Waals surface area contributed by atoms with Crippen molar-refractivity contribution in [2.75, 3.05) is 19.6 Å². The quantitative estimate of drug-likeness (QED) is 0.776. The van der Waals surface area contributed by atoms with Crippen LogP contribution in [0.3, 0.4) is 0 Å². The summed E-state index contributed by atoms with van der Waals surface area (Å²) in [5, 5.41) is 20.2. The molecule has 1 aromatic carbocycles. The summed E-state index contributed by atoms with van der Waals surface area (Å²) >= 11 is 0. The van der Waals surface area contributed by atoms with Crippen LogP contribution in [0.2, 0.25) is 0 Å². The van der Waals surface area contributed by atoms with Crippen LogP contribution in [0.25, 0.3) is 0 Å². The van der Waals surface area contributed by atoms with E-state index in [9.17, 15) is 9.59 Å². The van der Waals surface area contributed by atoms with Gasteiger partial charge in [0, 0.05) is 38.9 Å². The first kappa shape index (κ1) is 17.6. The molecule has 1 aliphatic heterocycles. The topological polar surface area (TPSA) is 103 Å². The number of piperidine rings is 1. The molecular weight excluding hydrogens is 310 g/mol. The minimum absolute atomic E-state index is 0.0232. The Balaban J connectivity index is 1.71. The van der Waals surface area contributed by atoms with Crippen LogP contribution < -0.4 is 10.1 Å². The lowest BCUT2D eigenvalue weighted by Crippen LogP contribution is -2.46. The van der Waals surface area contributed by atoms with Crippen molar-refractivity contribution in [1.82, 2.24) is 10.2 Å². The maximum atomic E-state index is 12.0. The molecule has 1 heterocycles. The summed E-state index contributed by atoms with van der Waals surface area (Å²) in [5.41, 5.74) is 0.561. The number of nitrogens with zero attached hydrogens (tertiary/aromatic N) is 2. The fourth-order valence-corrected chi connectivity index (χ4v) is 2.55. The van der Waals surface area contributed by atoms with Gasteiger partial charge in [-0.3, -0.25) is 4.79 Å².